The largest absolute Gasteiger partial charge is 0.508 e. The minimum Gasteiger partial charge on any atom is -0.508 e. The van der Waals surface area contributed by atoms with Gasteiger partial charge in [0.1, 0.15) is 11.5 Å². The SMILES string of the molecule is O=S(=O)(O)C(c1ccc(O)cc1)(c1cc(Cl)cc(Cl)c1)c1cc(Cl)cc(Cl)c1O. The molecule has 3 N–H and O–H groups in total. The molecular weight excluding hydrogens is 482 g/mol. The lowest BCUT2D eigenvalue weighted by atomic mass is 9.83. The van der Waals surface area contributed by atoms with E-state index >= 15 is 0 Å². The van der Waals surface area contributed by atoms with Crippen LogP contribution in [0, 0.1) is 0 Å². The molecule has 152 valence electrons. The summed E-state index contributed by atoms with van der Waals surface area (Å²) in [5, 5.41) is 20.3. The predicted octanol–water partition coefficient (Wildman–Crippen LogP) is 5.89. The first-order chi connectivity index (χ1) is 13.5. The molecule has 3 aromatic rings. The monoisotopic (exact) mass is 492 g/mol. The fourth-order valence-corrected chi connectivity index (χ4v) is 5.50. The average Bonchev–Trinajstić information content (AvgIpc) is 2.59. The predicted molar refractivity (Wildman–Crippen MR) is 114 cm³/mol. The summed E-state index contributed by atoms with van der Waals surface area (Å²) in [4.78, 5) is 0. The summed E-state index contributed by atoms with van der Waals surface area (Å²) in [7, 11) is -5.06. The molecule has 0 aromatic heterocycles. The number of hydrogen-bond acceptors (Lipinski definition) is 4. The van der Waals surface area contributed by atoms with Gasteiger partial charge < -0.3 is 10.2 Å². The van der Waals surface area contributed by atoms with Gasteiger partial charge in [-0.3, -0.25) is 4.55 Å². The summed E-state index contributed by atoms with van der Waals surface area (Å²) >= 11 is 24.3. The van der Waals surface area contributed by atoms with Crippen molar-refractivity contribution in [1.29, 1.82) is 0 Å². The number of rotatable bonds is 4. The van der Waals surface area contributed by atoms with Crippen LogP contribution in [0.5, 0.6) is 11.5 Å². The van der Waals surface area contributed by atoms with Crippen LogP contribution >= 0.6 is 46.4 Å². The molecule has 10 heteroatoms. The summed E-state index contributed by atoms with van der Waals surface area (Å²) in [6, 6.07) is 11.3. The molecule has 0 aliphatic rings. The van der Waals surface area contributed by atoms with Crippen molar-refractivity contribution >= 4 is 56.5 Å². The highest BCUT2D eigenvalue weighted by Crippen LogP contribution is 2.50. The molecule has 0 saturated heterocycles. The maximum Gasteiger partial charge on any atom is 0.283 e. The first kappa shape index (κ1) is 22.0. The third kappa shape index (κ3) is 3.89. The third-order valence-electron chi connectivity index (χ3n) is 4.34. The van der Waals surface area contributed by atoms with E-state index in [1.165, 1.54) is 48.5 Å². The van der Waals surface area contributed by atoms with Gasteiger partial charge in [0.25, 0.3) is 10.1 Å². The Labute approximate surface area is 186 Å². The number of benzene rings is 3. The van der Waals surface area contributed by atoms with Crippen LogP contribution in [0.1, 0.15) is 16.7 Å². The molecule has 1 atom stereocenters. The maximum absolute atomic E-state index is 12.9. The fourth-order valence-electron chi connectivity index (χ4n) is 3.20. The van der Waals surface area contributed by atoms with E-state index in [9.17, 15) is 23.2 Å². The number of aromatic hydroxyl groups is 2. The zero-order valence-corrected chi connectivity index (χ0v) is 18.1. The van der Waals surface area contributed by atoms with E-state index < -0.39 is 20.6 Å². The highest BCUT2D eigenvalue weighted by molar-refractivity contribution is 7.87. The van der Waals surface area contributed by atoms with Crippen LogP contribution in [0.3, 0.4) is 0 Å². The Kier molecular flexibility index (Phi) is 5.98. The van der Waals surface area contributed by atoms with Crippen LogP contribution in [-0.4, -0.2) is 23.2 Å². The van der Waals surface area contributed by atoms with Crippen molar-refractivity contribution in [1.82, 2.24) is 0 Å². The summed E-state index contributed by atoms with van der Waals surface area (Å²) < 4.78 is 34.0. The van der Waals surface area contributed by atoms with Gasteiger partial charge in [0.2, 0.25) is 0 Å². The second-order valence-corrected chi connectivity index (χ2v) is 9.42. The Hall–Kier alpha value is -1.67. The Morgan fingerprint density at radius 1 is 0.724 bits per heavy atom. The van der Waals surface area contributed by atoms with Crippen molar-refractivity contribution in [3.05, 3.63) is 91.4 Å². The van der Waals surface area contributed by atoms with Crippen molar-refractivity contribution < 1.29 is 23.2 Å². The van der Waals surface area contributed by atoms with Crippen LogP contribution in [-0.2, 0) is 14.9 Å². The Morgan fingerprint density at radius 2 is 1.24 bits per heavy atom. The van der Waals surface area contributed by atoms with E-state index in [0.29, 0.717) is 0 Å². The number of phenols is 2. The Bertz CT molecular complexity index is 1180. The van der Waals surface area contributed by atoms with Gasteiger partial charge >= 0.3 is 0 Å². The molecule has 29 heavy (non-hydrogen) atoms. The highest BCUT2D eigenvalue weighted by atomic mass is 35.5. The second kappa shape index (κ2) is 7.87. The number of phenolic OH excluding ortho intramolecular Hbond substituents is 2. The molecule has 1 unspecified atom stereocenters. The molecule has 0 aliphatic carbocycles. The molecule has 3 aromatic carbocycles. The molecule has 5 nitrogen and oxygen atoms in total. The molecule has 0 radical (unpaired) electrons. The zero-order chi connectivity index (χ0) is 21.6. The minimum absolute atomic E-state index is 0.0164. The first-order valence-electron chi connectivity index (χ1n) is 7.88. The van der Waals surface area contributed by atoms with Gasteiger partial charge in [-0.15, -0.1) is 0 Å². The van der Waals surface area contributed by atoms with Gasteiger partial charge in [-0.25, -0.2) is 0 Å². The van der Waals surface area contributed by atoms with Crippen LogP contribution < -0.4 is 0 Å². The van der Waals surface area contributed by atoms with Gasteiger partial charge in [0.05, 0.1) is 5.02 Å². The average molecular weight is 494 g/mol. The second-order valence-electron chi connectivity index (χ2n) is 6.15. The summed E-state index contributed by atoms with van der Waals surface area (Å²) in [5.74, 6) is -0.756. The number of halogens is 4. The van der Waals surface area contributed by atoms with Crippen molar-refractivity contribution in [2.45, 2.75) is 4.75 Å². The molecule has 0 fully saturated rings. The van der Waals surface area contributed by atoms with Crippen LogP contribution in [0.15, 0.2) is 54.6 Å². The van der Waals surface area contributed by atoms with E-state index in [4.69, 9.17) is 46.4 Å². The van der Waals surface area contributed by atoms with Gasteiger partial charge in [0.15, 0.2) is 4.75 Å². The molecule has 3 rings (SSSR count). The molecule has 0 aliphatic heterocycles. The van der Waals surface area contributed by atoms with Crippen LogP contribution in [0.4, 0.5) is 0 Å². The lowest BCUT2D eigenvalue weighted by Crippen LogP contribution is -2.38. The smallest absolute Gasteiger partial charge is 0.283 e. The van der Waals surface area contributed by atoms with Crippen LogP contribution in [0.25, 0.3) is 0 Å². The Balaban J connectivity index is 2.60. The van der Waals surface area contributed by atoms with Crippen molar-refractivity contribution in [3.63, 3.8) is 0 Å². The summed E-state index contributed by atoms with van der Waals surface area (Å²) in [6.07, 6.45) is 0. The normalized spacial score (nSPS) is 13.8. The van der Waals surface area contributed by atoms with Gasteiger partial charge in [-0.2, -0.15) is 8.42 Å². The molecule has 0 amide bonds. The quantitative estimate of drug-likeness (QED) is 0.311. The van der Waals surface area contributed by atoms with Crippen molar-refractivity contribution in [3.8, 4) is 11.5 Å². The molecule has 0 bridgehead atoms. The lowest BCUT2D eigenvalue weighted by molar-refractivity contribution is 0.440. The van der Waals surface area contributed by atoms with Crippen LogP contribution in [0.2, 0.25) is 20.1 Å². The molecule has 0 saturated carbocycles. The van der Waals surface area contributed by atoms with Gasteiger partial charge in [-0.05, 0) is 53.6 Å². The van der Waals surface area contributed by atoms with Crippen molar-refractivity contribution in [2.75, 3.05) is 0 Å². The molecule has 0 spiro atoms. The summed E-state index contributed by atoms with van der Waals surface area (Å²) in [6.45, 7) is 0. The van der Waals surface area contributed by atoms with E-state index in [-0.39, 0.29) is 42.5 Å². The Morgan fingerprint density at radius 3 is 1.76 bits per heavy atom. The minimum atomic E-state index is -5.06. The topological polar surface area (TPSA) is 94.8 Å². The third-order valence-corrected chi connectivity index (χ3v) is 6.75. The van der Waals surface area contributed by atoms with E-state index in [1.54, 1.807) is 0 Å². The zero-order valence-electron chi connectivity index (χ0n) is 14.3. The van der Waals surface area contributed by atoms with E-state index in [1.807, 2.05) is 0 Å². The lowest BCUT2D eigenvalue weighted by Gasteiger charge is -2.33. The maximum atomic E-state index is 12.9. The van der Waals surface area contributed by atoms with Gasteiger partial charge in [-0.1, -0.05) is 58.5 Å². The molecule has 0 heterocycles. The van der Waals surface area contributed by atoms with Crippen molar-refractivity contribution in [2.24, 2.45) is 0 Å². The van der Waals surface area contributed by atoms with E-state index in [2.05, 4.69) is 0 Å². The fraction of sp³-hybridized carbons (Fsp3) is 0.0526. The molecular formula is C19H12Cl4O5S. The summed E-state index contributed by atoms with van der Waals surface area (Å²) in [5.41, 5.74) is -0.414. The van der Waals surface area contributed by atoms with Gasteiger partial charge in [0, 0.05) is 20.6 Å². The first-order valence-corrected chi connectivity index (χ1v) is 10.8. The highest BCUT2D eigenvalue weighted by Gasteiger charge is 2.50. The van der Waals surface area contributed by atoms with E-state index in [0.717, 1.165) is 6.07 Å². The standard InChI is InChI=1S/C19H12Cl4O5S/c20-12-5-11(6-13(21)7-12)19(29(26,27)28,10-1-3-15(24)4-2-10)16-8-14(22)9-17(23)18(16)25/h1-9,24-25H,(H,26,27,28). The number of hydrogen-bond donors (Lipinski definition) is 3.